The molecule has 2 bridgehead atoms. The number of aromatic nitrogens is 2. The van der Waals surface area contributed by atoms with E-state index in [-0.39, 0.29) is 24.0 Å². The fraction of sp³-hybridized carbons (Fsp3) is 0.429. The fourth-order valence-corrected chi connectivity index (χ4v) is 4.75. The Bertz CT molecular complexity index is 827. The fourth-order valence-electron chi connectivity index (χ4n) is 4.75. The first-order valence-corrected chi connectivity index (χ1v) is 9.45. The molecule has 1 amide bonds. The standard InChI is InChI=1S/C21H23N3O3/c1-2-27-20(26)21(12-15-6-4-3-5-7-15)13-16-8-9-18(21)24(16)19(25)17-14-22-10-11-23-17/h3-7,10-11,14,16,18H,2,8-9,12-13H2,1H3/t16-,18+,21+/m1/s1. The van der Waals surface area contributed by atoms with Gasteiger partial charge in [0.15, 0.2) is 0 Å². The summed E-state index contributed by atoms with van der Waals surface area (Å²) >= 11 is 0. The molecule has 0 aliphatic carbocycles. The highest BCUT2D eigenvalue weighted by Crippen LogP contribution is 2.52. The summed E-state index contributed by atoms with van der Waals surface area (Å²) in [4.78, 5) is 36.2. The van der Waals surface area contributed by atoms with Gasteiger partial charge in [-0.25, -0.2) is 4.98 Å². The van der Waals surface area contributed by atoms with Gasteiger partial charge in [-0.15, -0.1) is 0 Å². The zero-order valence-electron chi connectivity index (χ0n) is 15.4. The van der Waals surface area contributed by atoms with E-state index in [1.165, 1.54) is 12.4 Å². The highest BCUT2D eigenvalue weighted by molar-refractivity contribution is 5.94. The summed E-state index contributed by atoms with van der Waals surface area (Å²) in [5, 5.41) is 0. The number of fused-ring (bicyclic) bond motifs is 2. The summed E-state index contributed by atoms with van der Waals surface area (Å²) in [7, 11) is 0. The summed E-state index contributed by atoms with van der Waals surface area (Å²) in [6.45, 7) is 2.16. The van der Waals surface area contributed by atoms with Crippen molar-refractivity contribution in [2.75, 3.05) is 6.61 Å². The van der Waals surface area contributed by atoms with Crippen LogP contribution < -0.4 is 0 Å². The van der Waals surface area contributed by atoms with Gasteiger partial charge in [-0.1, -0.05) is 30.3 Å². The second-order valence-electron chi connectivity index (χ2n) is 7.29. The molecule has 0 saturated carbocycles. The third-order valence-corrected chi connectivity index (χ3v) is 5.80. The van der Waals surface area contributed by atoms with Gasteiger partial charge in [0.25, 0.3) is 5.91 Å². The number of ether oxygens (including phenoxy) is 1. The van der Waals surface area contributed by atoms with Crippen molar-refractivity contribution in [3.05, 3.63) is 60.2 Å². The number of esters is 1. The van der Waals surface area contributed by atoms with Crippen LogP contribution in [0.2, 0.25) is 0 Å². The van der Waals surface area contributed by atoms with Crippen LogP contribution in [0.25, 0.3) is 0 Å². The van der Waals surface area contributed by atoms with Gasteiger partial charge in [0, 0.05) is 24.5 Å². The van der Waals surface area contributed by atoms with Crippen molar-refractivity contribution in [3.63, 3.8) is 0 Å². The van der Waals surface area contributed by atoms with E-state index in [0.717, 1.165) is 18.4 Å². The normalized spacial score (nSPS) is 26.2. The maximum atomic E-state index is 13.1. The van der Waals surface area contributed by atoms with Gasteiger partial charge < -0.3 is 9.64 Å². The quantitative estimate of drug-likeness (QED) is 0.762. The van der Waals surface area contributed by atoms with Crippen LogP contribution in [0.1, 0.15) is 42.2 Å². The number of hydrogen-bond acceptors (Lipinski definition) is 5. The first-order chi connectivity index (χ1) is 13.2. The highest BCUT2D eigenvalue weighted by Gasteiger charge is 2.62. The van der Waals surface area contributed by atoms with Crippen LogP contribution in [0.4, 0.5) is 0 Å². The van der Waals surface area contributed by atoms with E-state index < -0.39 is 5.41 Å². The van der Waals surface area contributed by atoms with E-state index in [0.29, 0.717) is 25.1 Å². The summed E-state index contributed by atoms with van der Waals surface area (Å²) in [6, 6.07) is 9.84. The van der Waals surface area contributed by atoms with Crippen LogP contribution in [-0.2, 0) is 16.0 Å². The van der Waals surface area contributed by atoms with Crippen LogP contribution in [-0.4, -0.2) is 45.4 Å². The number of hydrogen-bond donors (Lipinski definition) is 0. The highest BCUT2D eigenvalue weighted by atomic mass is 16.5. The zero-order chi connectivity index (χ0) is 18.9. The molecule has 6 heteroatoms. The van der Waals surface area contributed by atoms with Gasteiger partial charge in [-0.05, 0) is 38.2 Å². The molecular weight excluding hydrogens is 342 g/mol. The summed E-state index contributed by atoms with van der Waals surface area (Å²) in [5.74, 6) is -0.340. The first kappa shape index (κ1) is 17.6. The van der Waals surface area contributed by atoms with Crippen molar-refractivity contribution >= 4 is 11.9 Å². The molecule has 6 nitrogen and oxygen atoms in total. The second-order valence-corrected chi connectivity index (χ2v) is 7.29. The Kier molecular flexibility index (Phi) is 4.64. The average molecular weight is 365 g/mol. The van der Waals surface area contributed by atoms with E-state index in [1.807, 2.05) is 42.2 Å². The van der Waals surface area contributed by atoms with Gasteiger partial charge in [0.1, 0.15) is 5.69 Å². The second kappa shape index (κ2) is 7.10. The van der Waals surface area contributed by atoms with E-state index in [4.69, 9.17) is 4.74 Å². The molecule has 1 aromatic carbocycles. The number of carbonyl (C=O) groups is 2. The first-order valence-electron chi connectivity index (χ1n) is 9.45. The molecule has 3 heterocycles. The predicted octanol–water partition coefficient (Wildman–Crippen LogP) is 2.65. The third-order valence-electron chi connectivity index (χ3n) is 5.80. The van der Waals surface area contributed by atoms with Gasteiger partial charge in [-0.3, -0.25) is 14.6 Å². The van der Waals surface area contributed by atoms with Crippen molar-refractivity contribution in [2.45, 2.75) is 44.7 Å². The lowest BCUT2D eigenvalue weighted by atomic mass is 9.70. The largest absolute Gasteiger partial charge is 0.465 e. The van der Waals surface area contributed by atoms with Gasteiger partial charge >= 0.3 is 5.97 Å². The molecule has 4 rings (SSSR count). The zero-order valence-corrected chi connectivity index (χ0v) is 15.4. The Morgan fingerprint density at radius 3 is 2.74 bits per heavy atom. The van der Waals surface area contributed by atoms with Crippen molar-refractivity contribution < 1.29 is 14.3 Å². The van der Waals surface area contributed by atoms with Crippen LogP contribution in [0.5, 0.6) is 0 Å². The molecule has 2 aromatic rings. The van der Waals surface area contributed by atoms with Crippen LogP contribution in [0.3, 0.4) is 0 Å². The molecule has 2 fully saturated rings. The SMILES string of the molecule is CCOC(=O)[C@@]1(Cc2ccccc2)C[C@H]2CC[C@@H]1N2C(=O)c1cnccn1. The molecule has 3 atom stereocenters. The number of nitrogens with zero attached hydrogens (tertiary/aromatic N) is 3. The average Bonchev–Trinajstić information content (AvgIpc) is 3.25. The minimum Gasteiger partial charge on any atom is -0.465 e. The van der Waals surface area contributed by atoms with E-state index in [2.05, 4.69) is 9.97 Å². The summed E-state index contributed by atoms with van der Waals surface area (Å²) in [5.41, 5.74) is 0.719. The third kappa shape index (κ3) is 2.99. The number of rotatable bonds is 5. The Balaban J connectivity index is 1.69. The van der Waals surface area contributed by atoms with Crippen LogP contribution in [0, 0.1) is 5.41 Å². The molecule has 27 heavy (non-hydrogen) atoms. The topological polar surface area (TPSA) is 72.4 Å². The molecule has 1 aromatic heterocycles. The molecular formula is C21H23N3O3. The van der Waals surface area contributed by atoms with Crippen molar-refractivity contribution in [2.24, 2.45) is 5.41 Å². The lowest BCUT2D eigenvalue weighted by Gasteiger charge is -2.35. The number of benzene rings is 1. The van der Waals surface area contributed by atoms with Gasteiger partial charge in [-0.2, -0.15) is 0 Å². The molecule has 0 spiro atoms. The Morgan fingerprint density at radius 1 is 1.22 bits per heavy atom. The summed E-state index contributed by atoms with van der Waals surface area (Å²) < 4.78 is 5.48. The van der Waals surface area contributed by atoms with Crippen LogP contribution >= 0.6 is 0 Å². The lowest BCUT2D eigenvalue weighted by molar-refractivity contribution is -0.157. The maximum absolute atomic E-state index is 13.1. The van der Waals surface area contributed by atoms with E-state index in [9.17, 15) is 9.59 Å². The molecule has 0 radical (unpaired) electrons. The molecule has 2 aliphatic heterocycles. The Labute approximate surface area is 158 Å². The molecule has 2 saturated heterocycles. The molecule has 2 aliphatic rings. The summed E-state index contributed by atoms with van der Waals surface area (Å²) in [6.07, 6.45) is 7.50. The smallest absolute Gasteiger partial charge is 0.314 e. The van der Waals surface area contributed by atoms with Crippen molar-refractivity contribution in [3.8, 4) is 0 Å². The minimum absolute atomic E-state index is 0.0395. The van der Waals surface area contributed by atoms with Crippen LogP contribution in [0.15, 0.2) is 48.9 Å². The number of carbonyl (C=O) groups excluding carboxylic acids is 2. The van der Waals surface area contributed by atoms with Gasteiger partial charge in [0.2, 0.25) is 0 Å². The van der Waals surface area contributed by atoms with E-state index in [1.54, 1.807) is 6.20 Å². The van der Waals surface area contributed by atoms with Crippen molar-refractivity contribution in [1.29, 1.82) is 0 Å². The Morgan fingerprint density at radius 2 is 2.04 bits per heavy atom. The monoisotopic (exact) mass is 365 g/mol. The van der Waals surface area contributed by atoms with E-state index >= 15 is 0 Å². The molecule has 0 unspecified atom stereocenters. The lowest BCUT2D eigenvalue weighted by Crippen LogP contribution is -2.47. The van der Waals surface area contributed by atoms with Gasteiger partial charge in [0.05, 0.1) is 18.2 Å². The molecule has 0 N–H and O–H groups in total. The Hall–Kier alpha value is -2.76. The van der Waals surface area contributed by atoms with Crippen molar-refractivity contribution in [1.82, 2.24) is 14.9 Å². The predicted molar refractivity (Wildman–Crippen MR) is 98.8 cm³/mol. The minimum atomic E-state index is -0.696. The number of amides is 1. The molecule has 140 valence electrons. The maximum Gasteiger partial charge on any atom is 0.314 e.